The zero-order valence-electron chi connectivity index (χ0n) is 37.3. The van der Waals surface area contributed by atoms with Crippen molar-refractivity contribution in [2.45, 2.75) is 52.4 Å². The van der Waals surface area contributed by atoms with Gasteiger partial charge < -0.3 is 21.1 Å². The van der Waals surface area contributed by atoms with E-state index < -0.39 is 0 Å². The first kappa shape index (κ1) is 43.4. The summed E-state index contributed by atoms with van der Waals surface area (Å²) >= 11 is 0. The van der Waals surface area contributed by atoms with E-state index >= 15 is 0 Å². The van der Waals surface area contributed by atoms with Gasteiger partial charge in [-0.1, -0.05) is 102 Å². The molecule has 10 nitrogen and oxygen atoms in total. The van der Waals surface area contributed by atoms with Crippen molar-refractivity contribution in [2.75, 3.05) is 26.2 Å². The molecule has 6 aromatic carbocycles. The van der Waals surface area contributed by atoms with Gasteiger partial charge in [-0.05, 0) is 98.8 Å². The largest absolute Gasteiger partial charge is 0.492 e. The molecule has 0 fully saturated rings. The Morgan fingerprint density at radius 1 is 0.578 bits per heavy atom. The van der Waals surface area contributed by atoms with E-state index in [4.69, 9.17) is 25.4 Å². The second kappa shape index (κ2) is 18.2. The van der Waals surface area contributed by atoms with Gasteiger partial charge in [0, 0.05) is 47.5 Å². The summed E-state index contributed by atoms with van der Waals surface area (Å²) in [4.78, 5) is 45.0. The van der Waals surface area contributed by atoms with Gasteiger partial charge in [0.15, 0.2) is 6.20 Å². The Labute approximate surface area is 374 Å². The van der Waals surface area contributed by atoms with Gasteiger partial charge in [-0.25, -0.2) is 15.0 Å². The molecule has 64 heavy (non-hydrogen) atoms. The van der Waals surface area contributed by atoms with Crippen molar-refractivity contribution in [3.63, 3.8) is 0 Å². The summed E-state index contributed by atoms with van der Waals surface area (Å²) in [6.45, 7) is 14.3. The summed E-state index contributed by atoms with van der Waals surface area (Å²) < 4.78 is 6.15. The molecule has 0 aliphatic heterocycles. The van der Waals surface area contributed by atoms with Crippen LogP contribution in [0.5, 0.6) is 5.75 Å². The van der Waals surface area contributed by atoms with Crippen molar-refractivity contribution in [2.24, 2.45) is 5.73 Å². The fourth-order valence-corrected chi connectivity index (χ4v) is 7.56. The Morgan fingerprint density at radius 2 is 1.12 bits per heavy atom. The van der Waals surface area contributed by atoms with E-state index in [1.807, 2.05) is 79.0 Å². The van der Waals surface area contributed by atoms with Gasteiger partial charge in [0.05, 0.1) is 29.5 Å². The Morgan fingerprint density at radius 3 is 1.72 bits per heavy atom. The molecule has 2 heterocycles. The first-order chi connectivity index (χ1) is 30.7. The van der Waals surface area contributed by atoms with Crippen LogP contribution in [0.15, 0.2) is 140 Å². The summed E-state index contributed by atoms with van der Waals surface area (Å²) in [5.41, 5.74) is 19.0. The number of H-pyrrole nitrogens is 1. The number of hydrogen-bond acceptors (Lipinski definition) is 7. The van der Waals surface area contributed by atoms with E-state index in [1.54, 1.807) is 6.20 Å². The molecule has 8 rings (SSSR count). The van der Waals surface area contributed by atoms with Crippen LogP contribution in [0, 0.1) is 0 Å². The summed E-state index contributed by atoms with van der Waals surface area (Å²) in [5, 5.41) is 5.94. The predicted octanol–water partition coefficient (Wildman–Crippen LogP) is 9.75. The van der Waals surface area contributed by atoms with Crippen molar-refractivity contribution in [3.05, 3.63) is 162 Å². The van der Waals surface area contributed by atoms with E-state index in [0.717, 1.165) is 50.1 Å². The Hall–Kier alpha value is -7.30. The number of nitrogens with two attached hydrogens (primary N) is 1. The van der Waals surface area contributed by atoms with Gasteiger partial charge >= 0.3 is 0 Å². The maximum Gasteiger partial charge on any atom is 0.251 e. The molecule has 0 saturated carbocycles. The Kier molecular flexibility index (Phi) is 12.3. The van der Waals surface area contributed by atoms with E-state index in [0.29, 0.717) is 46.7 Å². The van der Waals surface area contributed by atoms with Crippen molar-refractivity contribution in [3.8, 4) is 50.5 Å². The number of carbonyl (C=O) groups excluding carboxylic acids is 2. The number of para-hydroxylation sites is 2. The van der Waals surface area contributed by atoms with Crippen LogP contribution in [0.25, 0.3) is 66.8 Å². The number of amides is 2. The highest BCUT2D eigenvalue weighted by Gasteiger charge is 2.18. The minimum absolute atomic E-state index is 0.0126. The fraction of sp³-hybridized carbons (Fsp3) is 0.222. The normalized spacial score (nSPS) is 11.7. The first-order valence-corrected chi connectivity index (χ1v) is 21.7. The van der Waals surface area contributed by atoms with Crippen LogP contribution < -0.4 is 26.1 Å². The van der Waals surface area contributed by atoms with Crippen molar-refractivity contribution in [1.29, 1.82) is 0 Å². The van der Waals surface area contributed by atoms with Crippen LogP contribution in [0.2, 0.25) is 0 Å². The number of nitrogens with one attached hydrogen (secondary N) is 3. The lowest BCUT2D eigenvalue weighted by Gasteiger charge is -2.19. The maximum atomic E-state index is 13.8. The minimum atomic E-state index is -0.222. The van der Waals surface area contributed by atoms with Gasteiger partial charge in [-0.3, -0.25) is 14.6 Å². The third-order valence-corrected chi connectivity index (χ3v) is 11.3. The molecule has 0 saturated heterocycles. The molecule has 0 spiro atoms. The number of aromatic amines is 1. The van der Waals surface area contributed by atoms with Crippen molar-refractivity contribution >= 4 is 33.9 Å². The van der Waals surface area contributed by atoms with E-state index in [-0.39, 0.29) is 35.8 Å². The average Bonchev–Trinajstić information content (AvgIpc) is 3.30. The molecule has 322 valence electrons. The lowest BCUT2D eigenvalue weighted by atomic mass is 9.86. The Bertz CT molecular complexity index is 2990. The average molecular weight is 849 g/mol. The summed E-state index contributed by atoms with van der Waals surface area (Å²) in [6.07, 6.45) is 3.60. The molecule has 0 aliphatic rings. The predicted molar refractivity (Wildman–Crippen MR) is 256 cm³/mol. The van der Waals surface area contributed by atoms with Gasteiger partial charge in [0.25, 0.3) is 11.8 Å². The van der Waals surface area contributed by atoms with E-state index in [2.05, 4.69) is 112 Å². The van der Waals surface area contributed by atoms with E-state index in [9.17, 15) is 9.59 Å². The second-order valence-corrected chi connectivity index (χ2v) is 18.1. The van der Waals surface area contributed by atoms with Crippen LogP contribution in [0.4, 0.5) is 0 Å². The molecule has 5 N–H and O–H groups in total. The molecule has 10 heteroatoms. The summed E-state index contributed by atoms with van der Waals surface area (Å²) in [5.74, 6) is 0.153. The lowest BCUT2D eigenvalue weighted by Crippen LogP contribution is -2.29. The number of nitrogens with zero attached hydrogens (tertiary/aromatic N) is 3. The smallest absolute Gasteiger partial charge is 0.251 e. The van der Waals surface area contributed by atoms with Gasteiger partial charge in [0.2, 0.25) is 5.52 Å². The lowest BCUT2D eigenvalue weighted by molar-refractivity contribution is -0.344. The number of hydrogen-bond donors (Lipinski definition) is 3. The maximum absolute atomic E-state index is 13.8. The molecule has 0 bridgehead atoms. The molecule has 2 aromatic heterocycles. The van der Waals surface area contributed by atoms with Crippen molar-refractivity contribution < 1.29 is 19.3 Å². The number of carbonyl (C=O) groups is 2. The number of ether oxygens (including phenoxy) is 1. The number of fused-ring (bicyclic) bond motifs is 2. The monoisotopic (exact) mass is 848 g/mol. The van der Waals surface area contributed by atoms with Crippen LogP contribution in [0.3, 0.4) is 0 Å². The highest BCUT2D eigenvalue weighted by atomic mass is 16.5. The molecule has 2 amide bonds. The quantitative estimate of drug-likeness (QED) is 0.104. The second-order valence-electron chi connectivity index (χ2n) is 18.1. The summed E-state index contributed by atoms with van der Waals surface area (Å²) in [7, 11) is 0. The zero-order valence-corrected chi connectivity index (χ0v) is 37.3. The van der Waals surface area contributed by atoms with Gasteiger partial charge in [-0.2, -0.15) is 0 Å². The molecule has 0 unspecified atom stereocenters. The topological polar surface area (TPSA) is 146 Å². The zero-order chi connectivity index (χ0) is 45.0. The molecule has 0 radical (unpaired) electrons. The third-order valence-electron chi connectivity index (χ3n) is 11.3. The van der Waals surface area contributed by atoms with E-state index in [1.165, 1.54) is 11.1 Å². The highest BCUT2D eigenvalue weighted by molar-refractivity contribution is 5.98. The fourth-order valence-electron chi connectivity index (χ4n) is 7.56. The van der Waals surface area contributed by atoms with Crippen LogP contribution in [-0.4, -0.2) is 53.0 Å². The number of aromatic nitrogens is 4. The Balaban J connectivity index is 1.00. The summed E-state index contributed by atoms with van der Waals surface area (Å²) in [6, 6.07) is 42.0. The molecule has 8 aromatic rings. The van der Waals surface area contributed by atoms with Crippen LogP contribution in [0.1, 0.15) is 73.4 Å². The van der Waals surface area contributed by atoms with Crippen LogP contribution >= 0.6 is 0 Å². The number of rotatable bonds is 12. The van der Waals surface area contributed by atoms with Gasteiger partial charge in [0.1, 0.15) is 23.6 Å². The molecule has 0 aliphatic carbocycles. The minimum Gasteiger partial charge on any atom is -0.492 e. The van der Waals surface area contributed by atoms with Crippen LogP contribution in [-0.2, 0) is 10.8 Å². The highest BCUT2D eigenvalue weighted by Crippen LogP contribution is 2.33. The molecular formula is C54H54N7O3+. The standard InChI is InChI=1S/C54H53N7O3/c1-53(2,3)42-15-11-34(12-16-42)36-25-38(49-32-58-45-9-7-8-10-47(45)60-49)29-41(28-36)52(63)57-23-24-64-44-19-20-46-48(31-44)61-50(33-59-46)39-26-37(27-40(30-39)51(62)56-22-21-55)35-13-17-43(18-14-35)54(4,5)6/h7-20,25-33H,21-24,55H2,1-6H3,(H,56,62)(H,57,63)/p+1. The number of benzene rings is 6. The molecule has 0 atom stereocenters. The SMILES string of the molecule is CC(C)(C)c1ccc(-c2cc(C(=O)NCCN)cc(-c3cnc4ccc(OCCNC(=O)c5cc(-c6ccc(C(C)(C)C)cc6)cc(-c6c[nH+]c7ccccc7n6)c5)cc4n3)c2)cc1. The van der Waals surface area contributed by atoms with Crippen molar-refractivity contribution in [1.82, 2.24) is 25.6 Å². The van der Waals surface area contributed by atoms with Gasteiger partial charge in [-0.15, -0.1) is 0 Å². The first-order valence-electron chi connectivity index (χ1n) is 21.7. The third kappa shape index (κ3) is 9.98. The molecular weight excluding hydrogens is 795 g/mol.